The fraction of sp³-hybridized carbons (Fsp3) is 0.0769. The van der Waals surface area contributed by atoms with Gasteiger partial charge in [0.15, 0.2) is 0 Å². The molecule has 0 aliphatic heterocycles. The van der Waals surface area contributed by atoms with Crippen molar-refractivity contribution in [3.8, 4) is 0 Å². The van der Waals surface area contributed by atoms with E-state index in [1.165, 1.54) is 195 Å². The summed E-state index contributed by atoms with van der Waals surface area (Å²) in [5, 5.41) is 31.1. The van der Waals surface area contributed by atoms with Crippen molar-refractivity contribution in [3.63, 3.8) is 0 Å². The molecule has 6 aromatic heterocycles. The van der Waals surface area contributed by atoms with Gasteiger partial charge in [0.25, 0.3) is 0 Å². The number of rotatable bonds is 0. The van der Waals surface area contributed by atoms with Gasteiger partial charge >= 0.3 is 0 Å². The van der Waals surface area contributed by atoms with Gasteiger partial charge in [0, 0.05) is 241 Å². The molecule has 0 aliphatic carbocycles. The summed E-state index contributed by atoms with van der Waals surface area (Å²) in [6.07, 6.45) is 0. The van der Waals surface area contributed by atoms with Gasteiger partial charge in [-0.25, -0.2) is 0 Å². The third-order valence-corrected chi connectivity index (χ3v) is 24.4. The van der Waals surface area contributed by atoms with E-state index in [9.17, 15) is 0 Å². The number of benzene rings is 18. The van der Waals surface area contributed by atoms with Gasteiger partial charge in [-0.3, -0.25) is 0 Å². The largest absolute Gasteiger partial charge is 0.367 e. The predicted octanol–water partition coefficient (Wildman–Crippen LogP) is 29.9. The smallest absolute Gasteiger partial charge is 0.0569 e. The molecule has 3 radical (unpaired) electrons. The molecule has 6 heterocycles. The minimum absolute atomic E-state index is 0. The zero-order valence-corrected chi connectivity index (χ0v) is 77.0. The van der Waals surface area contributed by atoms with Gasteiger partial charge in [-0.2, -0.15) is 36.4 Å². The molecule has 6 nitrogen and oxygen atoms in total. The number of nitrogens with zero attached hydrogens (tertiary/aromatic N) is 6. The van der Waals surface area contributed by atoms with E-state index in [4.69, 9.17) is 0 Å². The van der Waals surface area contributed by atoms with Crippen LogP contribution < -0.4 is 0 Å². The molecule has 559 valence electrons. The van der Waals surface area contributed by atoms with Crippen molar-refractivity contribution in [2.24, 2.45) is 42.3 Å². The molecule has 0 bridgehead atoms. The Bertz CT molecular complexity index is 7710. The van der Waals surface area contributed by atoms with Crippen LogP contribution in [-0.4, -0.2) is 27.4 Å². The third kappa shape index (κ3) is 14.5. The maximum absolute atomic E-state index is 3.70. The van der Waals surface area contributed by atoms with Crippen molar-refractivity contribution in [1.29, 1.82) is 0 Å². The first-order valence-electron chi connectivity index (χ1n) is 37.3. The number of hydrogen-bond donors (Lipinski definition) is 0. The summed E-state index contributed by atoms with van der Waals surface area (Å²) in [7, 11) is 12.8. The minimum atomic E-state index is 0. The van der Waals surface area contributed by atoms with Crippen molar-refractivity contribution >= 4 is 243 Å². The molecule has 0 amide bonds. The molecule has 0 saturated carbocycles. The molecule has 12 heteroatoms. The first-order chi connectivity index (χ1) is 54.4. The Morgan fingerprint density at radius 2 is 0.560 bits per heavy atom. The zero-order valence-electron chi connectivity index (χ0n) is 63.7. The monoisotopic (exact) mass is 1920 g/mol. The molecule has 24 aromatic rings. The summed E-state index contributed by atoms with van der Waals surface area (Å²) in [4.78, 5) is 0. The Balaban J connectivity index is 0.000000114. The average Bonchev–Trinajstić information content (AvgIpc) is 1.57. The fourth-order valence-electron chi connectivity index (χ4n) is 17.5. The molecular weight excluding hydrogens is 1840 g/mol. The van der Waals surface area contributed by atoms with Crippen LogP contribution >= 0.6 is 47.8 Å². The topological polar surface area (TPSA) is 29.6 Å². The molecule has 0 atom stereocenters. The maximum Gasteiger partial charge on any atom is 0.0569 e. The van der Waals surface area contributed by atoms with E-state index >= 15 is 0 Å². The van der Waals surface area contributed by atoms with Gasteiger partial charge in [0.1, 0.15) is 0 Å². The van der Waals surface area contributed by atoms with Crippen molar-refractivity contribution in [2.45, 2.75) is 14.9 Å². The van der Waals surface area contributed by atoms with E-state index < -0.39 is 0 Å². The van der Waals surface area contributed by atoms with Gasteiger partial charge in [-0.05, 0) is 126 Å². The summed E-state index contributed by atoms with van der Waals surface area (Å²) in [5.41, 5.74) is 15.4. The van der Waals surface area contributed by atoms with Crippen LogP contribution in [0.4, 0.5) is 0 Å². The van der Waals surface area contributed by atoms with Crippen LogP contribution in [0.25, 0.3) is 195 Å². The van der Waals surface area contributed by atoms with Gasteiger partial charge in [-0.15, -0.1) is 52.6 Å². The van der Waals surface area contributed by atoms with Crippen LogP contribution in [0.15, 0.2) is 341 Å². The number of aromatic nitrogens is 6. The van der Waals surface area contributed by atoms with E-state index in [1.54, 1.807) is 0 Å². The summed E-state index contributed by atoms with van der Waals surface area (Å²) in [6, 6.07) is 125. The SMILES string of the molecule is C.C.Cn1c2cc[c-]cc2c2c3ccccc3ccc21.Cn1c2cc[c-]cc2c2ccc3ccccc3c21.Cn1c2ccc(Br)cc2c2c3ccccc3ccc21.Cn1c2ccc(Br)cc2c2ccc3ccccc3c21.Cn1c2ccccc2c2c[c-]c3ccccc3c21.Cn1c2ccccc2c2cc(Br)c3ccccc3c21.[Y].[Y].[Y]. The third-order valence-electron chi connectivity index (χ3n) is 22.7. The quantitative estimate of drug-likeness (QED) is 0.135. The minimum Gasteiger partial charge on any atom is -0.367 e. The molecular formula is C104H80Br3N6Y3-3. The number of halogens is 3. The van der Waals surface area contributed by atoms with Crippen molar-refractivity contribution in [1.82, 2.24) is 27.4 Å². The van der Waals surface area contributed by atoms with Crippen LogP contribution in [-0.2, 0) is 140 Å². The number of aryl methyl sites for hydroxylation is 6. The normalized spacial score (nSPS) is 11.1. The van der Waals surface area contributed by atoms with E-state index in [2.05, 4.69) is 451 Å². The molecule has 116 heavy (non-hydrogen) atoms. The Kier molecular flexibility index (Phi) is 25.2. The van der Waals surface area contributed by atoms with E-state index in [1.807, 2.05) is 12.1 Å². The van der Waals surface area contributed by atoms with Crippen LogP contribution in [0.3, 0.4) is 0 Å². The summed E-state index contributed by atoms with van der Waals surface area (Å²) >= 11 is 10.9. The molecule has 0 saturated heterocycles. The van der Waals surface area contributed by atoms with Gasteiger partial charge < -0.3 is 27.4 Å². The van der Waals surface area contributed by atoms with Crippen molar-refractivity contribution in [2.75, 3.05) is 0 Å². The fourth-order valence-corrected chi connectivity index (χ4v) is 18.8. The Hall–Kier alpha value is -8.93. The van der Waals surface area contributed by atoms with Crippen LogP contribution in [0.2, 0.25) is 0 Å². The van der Waals surface area contributed by atoms with Crippen LogP contribution in [0.5, 0.6) is 0 Å². The standard InChI is InChI=1S/3C17H12BrN.3C17H12N.2CH4.3Y/c1-19-16-9-5-4-7-12(16)14-10-15(18)11-6-2-3-8-13(11)17(14)19;1-19-15-9-7-12(18)10-14(15)17-13-5-3-2-4-11(13)6-8-16(17)19;1-19-16-9-7-12(18)10-15(16)14-8-6-11-4-2-3-5-13(11)17(14)19;2*1-18-16-9-5-4-8-14(16)15-11-10-12-6-2-3-7-13(12)17(15)18;1-18-15-9-5-4-8-14(15)17-13-7-3-2-6-12(13)10-11-16(17)18;;;;;/h3*2-10H,1H3;2-3,5-11H,1H3;2-9,11H,1H3;2-3,5-11H,1H3;2*1H4;;;/q;;;3*-1;;;;;. The van der Waals surface area contributed by atoms with Crippen LogP contribution in [0, 0.1) is 18.2 Å². The number of para-hydroxylation sites is 2. The first kappa shape index (κ1) is 83.6. The predicted molar refractivity (Wildman–Crippen MR) is 501 cm³/mol. The molecule has 0 aliphatic rings. The summed E-state index contributed by atoms with van der Waals surface area (Å²) in [6.45, 7) is 0. The number of fused-ring (bicyclic) bond motifs is 30. The molecule has 24 rings (SSSR count). The van der Waals surface area contributed by atoms with Gasteiger partial charge in [-0.1, -0.05) is 291 Å². The number of hydrogen-bond acceptors (Lipinski definition) is 0. The van der Waals surface area contributed by atoms with E-state index in [0.717, 1.165) is 13.4 Å². The molecule has 0 fully saturated rings. The second-order valence-corrected chi connectivity index (χ2v) is 31.4. The van der Waals surface area contributed by atoms with Crippen molar-refractivity contribution in [3.05, 3.63) is 359 Å². The Labute approximate surface area is 775 Å². The molecule has 0 spiro atoms. The van der Waals surface area contributed by atoms with E-state index in [0.29, 0.717) is 0 Å². The molecule has 18 aromatic carbocycles. The average molecular weight is 1920 g/mol. The first-order valence-corrected chi connectivity index (χ1v) is 39.7. The van der Waals surface area contributed by atoms with Gasteiger partial charge in [0.2, 0.25) is 0 Å². The second kappa shape index (κ2) is 34.9. The summed E-state index contributed by atoms with van der Waals surface area (Å²) < 4.78 is 17.1. The van der Waals surface area contributed by atoms with Crippen molar-refractivity contribution < 1.29 is 98.1 Å². The Morgan fingerprint density at radius 3 is 1.09 bits per heavy atom. The van der Waals surface area contributed by atoms with Crippen LogP contribution in [0.1, 0.15) is 14.9 Å². The molecule has 0 N–H and O–H groups in total. The Morgan fingerprint density at radius 1 is 0.224 bits per heavy atom. The second-order valence-electron chi connectivity index (χ2n) is 28.7. The maximum atomic E-state index is 3.70. The van der Waals surface area contributed by atoms with Gasteiger partial charge in [0.05, 0.1) is 11.0 Å². The molecule has 0 unspecified atom stereocenters. The van der Waals surface area contributed by atoms with E-state index in [-0.39, 0.29) is 113 Å². The zero-order chi connectivity index (χ0) is 75.3. The summed E-state index contributed by atoms with van der Waals surface area (Å²) in [5.74, 6) is 0.